The molecular formula is C21H17F2N5O3S. The first-order chi connectivity index (χ1) is 15.5. The van der Waals surface area contributed by atoms with Gasteiger partial charge in [-0.1, -0.05) is 11.8 Å². The molecule has 164 valence electrons. The molecule has 2 aromatic heterocycles. The summed E-state index contributed by atoms with van der Waals surface area (Å²) in [5.74, 6) is -1.41. The zero-order chi connectivity index (χ0) is 22.7. The second kappa shape index (κ2) is 9.18. The van der Waals surface area contributed by atoms with E-state index in [0.29, 0.717) is 23.2 Å². The fraction of sp³-hybridized carbons (Fsp3) is 0.143. The summed E-state index contributed by atoms with van der Waals surface area (Å²) in [6, 6.07) is 9.83. The van der Waals surface area contributed by atoms with E-state index in [-0.39, 0.29) is 22.6 Å². The number of thioether (sulfide) groups is 1. The van der Waals surface area contributed by atoms with Gasteiger partial charge in [0.15, 0.2) is 5.16 Å². The highest BCUT2D eigenvalue weighted by Gasteiger charge is 2.15. The maximum Gasteiger partial charge on any atom is 0.300 e. The number of amides is 1. The molecule has 0 saturated carbocycles. The molecular weight excluding hydrogens is 440 g/mol. The molecule has 8 nitrogen and oxygen atoms in total. The average Bonchev–Trinajstić information content (AvgIpc) is 3.20. The first-order valence-corrected chi connectivity index (χ1v) is 10.5. The number of anilines is 1. The summed E-state index contributed by atoms with van der Waals surface area (Å²) in [5, 5.41) is 10.5. The third-order valence-electron chi connectivity index (χ3n) is 4.40. The molecule has 0 radical (unpaired) electrons. The minimum absolute atomic E-state index is 0.0838. The molecule has 2 aromatic carbocycles. The molecule has 0 aliphatic carbocycles. The van der Waals surface area contributed by atoms with E-state index in [1.165, 1.54) is 8.97 Å². The van der Waals surface area contributed by atoms with Crippen LogP contribution in [0.4, 0.5) is 14.5 Å². The number of hydrogen-bond donors (Lipinski definition) is 1. The van der Waals surface area contributed by atoms with Crippen LogP contribution in [0.1, 0.15) is 6.92 Å². The van der Waals surface area contributed by atoms with Gasteiger partial charge in [0.25, 0.3) is 0 Å². The third kappa shape index (κ3) is 4.47. The lowest BCUT2D eigenvalue weighted by molar-refractivity contribution is -0.113. The van der Waals surface area contributed by atoms with E-state index in [4.69, 9.17) is 4.74 Å². The Hall–Kier alpha value is -3.73. The molecule has 0 aliphatic rings. The Morgan fingerprint density at radius 3 is 2.66 bits per heavy atom. The molecule has 1 amide bonds. The fourth-order valence-electron chi connectivity index (χ4n) is 2.95. The van der Waals surface area contributed by atoms with Crippen LogP contribution in [0.3, 0.4) is 0 Å². The quantitative estimate of drug-likeness (QED) is 0.429. The molecule has 4 aromatic rings. The minimum Gasteiger partial charge on any atom is -0.494 e. The summed E-state index contributed by atoms with van der Waals surface area (Å²) in [6.07, 6.45) is 3.18. The number of carbonyl (C=O) groups excluding carboxylic acids is 1. The highest BCUT2D eigenvalue weighted by molar-refractivity contribution is 7.99. The Kier molecular flexibility index (Phi) is 6.17. The van der Waals surface area contributed by atoms with Crippen LogP contribution < -0.4 is 15.6 Å². The molecule has 0 unspecified atom stereocenters. The monoisotopic (exact) mass is 457 g/mol. The molecule has 0 aliphatic heterocycles. The second-order valence-electron chi connectivity index (χ2n) is 6.54. The average molecular weight is 457 g/mol. The predicted octanol–water partition coefficient (Wildman–Crippen LogP) is 3.29. The van der Waals surface area contributed by atoms with Gasteiger partial charge in [0.2, 0.25) is 11.6 Å². The lowest BCUT2D eigenvalue weighted by Gasteiger charge is -2.08. The van der Waals surface area contributed by atoms with Gasteiger partial charge in [-0.25, -0.2) is 8.78 Å². The van der Waals surface area contributed by atoms with Crippen molar-refractivity contribution in [2.24, 2.45) is 0 Å². The molecule has 0 saturated heterocycles. The summed E-state index contributed by atoms with van der Waals surface area (Å²) in [6.45, 7) is 2.43. The van der Waals surface area contributed by atoms with Crippen LogP contribution in [0.2, 0.25) is 0 Å². The highest BCUT2D eigenvalue weighted by Crippen LogP contribution is 2.19. The van der Waals surface area contributed by atoms with Crippen LogP contribution in [0.25, 0.3) is 11.3 Å². The van der Waals surface area contributed by atoms with Gasteiger partial charge in [-0.3, -0.25) is 18.6 Å². The third-order valence-corrected chi connectivity index (χ3v) is 5.34. The van der Waals surface area contributed by atoms with Crippen molar-refractivity contribution in [3.8, 4) is 11.4 Å². The van der Waals surface area contributed by atoms with Gasteiger partial charge >= 0.3 is 5.56 Å². The number of carbonyl (C=O) groups is 1. The summed E-state index contributed by atoms with van der Waals surface area (Å²) < 4.78 is 35.2. The number of nitrogens with one attached hydrogen (secondary N) is 1. The molecule has 11 heteroatoms. The van der Waals surface area contributed by atoms with E-state index >= 15 is 0 Å². The van der Waals surface area contributed by atoms with Crippen molar-refractivity contribution in [3.63, 3.8) is 0 Å². The van der Waals surface area contributed by atoms with Crippen LogP contribution in [0.15, 0.2) is 64.8 Å². The van der Waals surface area contributed by atoms with Crippen molar-refractivity contribution >= 4 is 29.0 Å². The van der Waals surface area contributed by atoms with Crippen LogP contribution >= 0.6 is 11.8 Å². The number of benzene rings is 2. The second-order valence-corrected chi connectivity index (χ2v) is 7.48. The number of fused-ring (bicyclic) bond motifs is 1. The van der Waals surface area contributed by atoms with Crippen molar-refractivity contribution in [2.75, 3.05) is 17.7 Å². The van der Waals surface area contributed by atoms with Crippen molar-refractivity contribution in [3.05, 3.63) is 76.8 Å². The zero-order valence-corrected chi connectivity index (χ0v) is 17.6. The zero-order valence-electron chi connectivity index (χ0n) is 16.8. The fourth-order valence-corrected chi connectivity index (χ4v) is 3.66. The van der Waals surface area contributed by atoms with Gasteiger partial charge < -0.3 is 10.1 Å². The molecule has 32 heavy (non-hydrogen) atoms. The van der Waals surface area contributed by atoms with Crippen LogP contribution in [-0.4, -0.2) is 37.4 Å². The van der Waals surface area contributed by atoms with E-state index in [9.17, 15) is 18.4 Å². The molecule has 0 fully saturated rings. The maximum absolute atomic E-state index is 13.7. The molecule has 0 bridgehead atoms. The van der Waals surface area contributed by atoms with Crippen LogP contribution in [-0.2, 0) is 4.79 Å². The Labute approximate surface area is 184 Å². The van der Waals surface area contributed by atoms with E-state index in [2.05, 4.69) is 15.5 Å². The van der Waals surface area contributed by atoms with E-state index in [0.717, 1.165) is 30.0 Å². The first-order valence-electron chi connectivity index (χ1n) is 9.53. The summed E-state index contributed by atoms with van der Waals surface area (Å²) in [7, 11) is 0. The normalized spacial score (nSPS) is 11.0. The number of aromatic nitrogens is 4. The predicted molar refractivity (Wildman–Crippen MR) is 115 cm³/mol. The Morgan fingerprint density at radius 2 is 1.91 bits per heavy atom. The van der Waals surface area contributed by atoms with Crippen LogP contribution in [0.5, 0.6) is 5.75 Å². The Balaban J connectivity index is 1.50. The molecule has 2 heterocycles. The topological polar surface area (TPSA) is 90.5 Å². The van der Waals surface area contributed by atoms with Crippen molar-refractivity contribution < 1.29 is 18.3 Å². The molecule has 0 spiro atoms. The lowest BCUT2D eigenvalue weighted by Crippen LogP contribution is -2.20. The highest BCUT2D eigenvalue weighted by atomic mass is 32.2. The lowest BCUT2D eigenvalue weighted by atomic mass is 10.3. The van der Waals surface area contributed by atoms with Crippen molar-refractivity contribution in [2.45, 2.75) is 12.1 Å². The smallest absolute Gasteiger partial charge is 0.300 e. The number of ether oxygens (including phenoxy) is 1. The number of rotatable bonds is 7. The van der Waals surface area contributed by atoms with E-state index in [1.54, 1.807) is 36.7 Å². The van der Waals surface area contributed by atoms with Crippen molar-refractivity contribution in [1.29, 1.82) is 0 Å². The van der Waals surface area contributed by atoms with Crippen molar-refractivity contribution in [1.82, 2.24) is 19.2 Å². The van der Waals surface area contributed by atoms with Gasteiger partial charge in [-0.05, 0) is 43.3 Å². The maximum atomic E-state index is 13.7. The van der Waals surface area contributed by atoms with E-state index < -0.39 is 17.5 Å². The van der Waals surface area contributed by atoms with Crippen LogP contribution in [0, 0.1) is 11.6 Å². The summed E-state index contributed by atoms with van der Waals surface area (Å²) >= 11 is 1.01. The van der Waals surface area contributed by atoms with E-state index in [1.807, 2.05) is 6.92 Å². The van der Waals surface area contributed by atoms with Gasteiger partial charge in [-0.15, -0.1) is 10.2 Å². The van der Waals surface area contributed by atoms with Gasteiger partial charge in [-0.2, -0.15) is 0 Å². The number of halogens is 2. The Morgan fingerprint density at radius 1 is 1.12 bits per heavy atom. The first kappa shape index (κ1) is 21.5. The SMILES string of the molecule is CCOc1ccc(-n2ccn3c(SCC(=O)Nc4cc(F)ccc4F)nnc3c2=O)cc1. The molecule has 1 N–H and O–H groups in total. The standard InChI is InChI=1S/C21H17F2N5O3S/c1-2-31-15-6-4-14(5-7-15)27-9-10-28-19(20(27)30)25-26-21(28)32-12-18(29)24-17-11-13(22)3-8-16(17)23/h3-11H,2,12H2,1H3,(H,24,29). The summed E-state index contributed by atoms with van der Waals surface area (Å²) in [5.41, 5.74) is 0.0809. The minimum atomic E-state index is -0.743. The molecule has 4 rings (SSSR count). The Bertz CT molecular complexity index is 1340. The molecule has 0 atom stereocenters. The summed E-state index contributed by atoms with van der Waals surface area (Å²) in [4.78, 5) is 25.0. The van der Waals surface area contributed by atoms with Gasteiger partial charge in [0, 0.05) is 24.1 Å². The largest absolute Gasteiger partial charge is 0.494 e. The number of hydrogen-bond acceptors (Lipinski definition) is 6. The number of nitrogens with zero attached hydrogens (tertiary/aromatic N) is 4. The van der Waals surface area contributed by atoms with Gasteiger partial charge in [0.1, 0.15) is 17.4 Å². The van der Waals surface area contributed by atoms with Gasteiger partial charge in [0.05, 0.1) is 18.0 Å².